The lowest BCUT2D eigenvalue weighted by atomic mass is 10.2. The van der Waals surface area contributed by atoms with Crippen LogP contribution >= 0.6 is 0 Å². The second-order valence-electron chi connectivity index (χ2n) is 3.75. The Morgan fingerprint density at radius 3 is 2.56 bits per heavy atom. The zero-order valence-electron chi connectivity index (χ0n) is 10.5. The molecule has 88 valence electrons. The van der Waals surface area contributed by atoms with Crippen LogP contribution in [0, 0.1) is 6.92 Å². The van der Waals surface area contributed by atoms with E-state index in [1.54, 1.807) is 4.68 Å². The molecule has 16 heavy (non-hydrogen) atoms. The largest absolute Gasteiger partial charge is 0.295 e. The van der Waals surface area contributed by atoms with Crippen LogP contribution in [0.1, 0.15) is 38.4 Å². The second kappa shape index (κ2) is 5.54. The number of H-pyrrole nitrogens is 1. The topological polar surface area (TPSA) is 37.8 Å². The van der Waals surface area contributed by atoms with E-state index in [9.17, 15) is 4.79 Å². The molecule has 0 aliphatic rings. The van der Waals surface area contributed by atoms with Crippen molar-refractivity contribution in [3.63, 3.8) is 0 Å². The standard InChI is InChI=1S/C13H20N2O/c1-5-8-11(9-6-2)15-13(16)12(7-3)10(4)14-15/h5,8-9,14H,6-7H2,1-4H3/b8-5-,11-9+. The Bertz CT molecular complexity index is 461. The molecule has 0 aromatic carbocycles. The molecule has 3 heteroatoms. The lowest BCUT2D eigenvalue weighted by Crippen LogP contribution is -2.17. The van der Waals surface area contributed by atoms with Gasteiger partial charge in [0.15, 0.2) is 0 Å². The Balaban J connectivity index is 3.32. The number of aromatic nitrogens is 2. The monoisotopic (exact) mass is 220 g/mol. The van der Waals surface area contributed by atoms with E-state index in [1.807, 2.05) is 39.0 Å². The van der Waals surface area contributed by atoms with Gasteiger partial charge < -0.3 is 0 Å². The average molecular weight is 220 g/mol. The highest BCUT2D eigenvalue weighted by Crippen LogP contribution is 2.08. The van der Waals surface area contributed by atoms with Crippen molar-refractivity contribution in [2.75, 3.05) is 0 Å². The van der Waals surface area contributed by atoms with E-state index >= 15 is 0 Å². The van der Waals surface area contributed by atoms with Crippen molar-refractivity contribution in [2.45, 2.75) is 40.5 Å². The Morgan fingerprint density at radius 2 is 2.12 bits per heavy atom. The Morgan fingerprint density at radius 1 is 1.44 bits per heavy atom. The summed E-state index contributed by atoms with van der Waals surface area (Å²) in [4.78, 5) is 12.1. The molecular weight excluding hydrogens is 200 g/mol. The van der Waals surface area contributed by atoms with Crippen molar-refractivity contribution in [1.29, 1.82) is 0 Å². The zero-order chi connectivity index (χ0) is 12.1. The molecule has 0 bridgehead atoms. The summed E-state index contributed by atoms with van der Waals surface area (Å²) in [5, 5.41) is 3.12. The van der Waals surface area contributed by atoms with E-state index in [0.717, 1.165) is 29.8 Å². The van der Waals surface area contributed by atoms with Crippen LogP contribution < -0.4 is 5.56 Å². The fraction of sp³-hybridized carbons (Fsp3) is 0.462. The number of hydrogen-bond acceptors (Lipinski definition) is 1. The van der Waals surface area contributed by atoms with E-state index in [1.165, 1.54) is 0 Å². The third-order valence-corrected chi connectivity index (χ3v) is 2.56. The van der Waals surface area contributed by atoms with Gasteiger partial charge in [0.25, 0.3) is 5.56 Å². The van der Waals surface area contributed by atoms with Crippen molar-refractivity contribution >= 4 is 5.70 Å². The maximum absolute atomic E-state index is 12.1. The van der Waals surface area contributed by atoms with E-state index in [2.05, 4.69) is 12.0 Å². The van der Waals surface area contributed by atoms with Gasteiger partial charge in [0, 0.05) is 11.3 Å². The van der Waals surface area contributed by atoms with Crippen LogP contribution in [0.25, 0.3) is 5.70 Å². The first-order valence-electron chi connectivity index (χ1n) is 5.79. The smallest absolute Gasteiger partial charge is 0.274 e. The molecule has 0 saturated carbocycles. The van der Waals surface area contributed by atoms with Crippen molar-refractivity contribution in [3.05, 3.63) is 39.8 Å². The predicted octanol–water partition coefficient (Wildman–Crippen LogP) is 2.87. The molecule has 1 aromatic heterocycles. The molecule has 0 atom stereocenters. The van der Waals surface area contributed by atoms with Crippen LogP contribution in [0.15, 0.2) is 23.0 Å². The first-order valence-corrected chi connectivity index (χ1v) is 5.79. The Labute approximate surface area is 96.5 Å². The molecule has 0 aliphatic carbocycles. The zero-order valence-corrected chi connectivity index (χ0v) is 10.5. The highest BCUT2D eigenvalue weighted by Gasteiger charge is 2.10. The summed E-state index contributed by atoms with van der Waals surface area (Å²) >= 11 is 0. The SMILES string of the molecule is C/C=C\C(=C/CC)n1[nH]c(C)c(CC)c1=O. The first kappa shape index (κ1) is 12.6. The summed E-state index contributed by atoms with van der Waals surface area (Å²) in [7, 11) is 0. The number of aryl methyl sites for hydroxylation is 1. The van der Waals surface area contributed by atoms with Crippen LogP contribution in [-0.2, 0) is 6.42 Å². The van der Waals surface area contributed by atoms with Gasteiger partial charge in [-0.15, -0.1) is 0 Å². The van der Waals surface area contributed by atoms with Crippen molar-refractivity contribution in [1.82, 2.24) is 9.78 Å². The second-order valence-corrected chi connectivity index (χ2v) is 3.75. The van der Waals surface area contributed by atoms with Crippen molar-refractivity contribution in [3.8, 4) is 0 Å². The molecule has 0 unspecified atom stereocenters. The molecule has 0 saturated heterocycles. The Hall–Kier alpha value is -1.51. The van der Waals surface area contributed by atoms with E-state index in [0.29, 0.717) is 0 Å². The number of nitrogens with one attached hydrogen (secondary N) is 1. The van der Waals surface area contributed by atoms with Crippen LogP contribution in [0.3, 0.4) is 0 Å². The lowest BCUT2D eigenvalue weighted by Gasteiger charge is -2.01. The highest BCUT2D eigenvalue weighted by molar-refractivity contribution is 5.56. The third-order valence-electron chi connectivity index (χ3n) is 2.56. The average Bonchev–Trinajstić information content (AvgIpc) is 2.53. The first-order chi connectivity index (χ1) is 7.65. The molecule has 0 fully saturated rings. The van der Waals surface area contributed by atoms with Gasteiger partial charge in [0.1, 0.15) is 0 Å². The molecule has 0 amide bonds. The molecule has 1 heterocycles. The third kappa shape index (κ3) is 2.35. The van der Waals surface area contributed by atoms with Gasteiger partial charge in [0.05, 0.1) is 5.70 Å². The van der Waals surface area contributed by atoms with Crippen LogP contribution in [0.5, 0.6) is 0 Å². The summed E-state index contributed by atoms with van der Waals surface area (Å²) < 4.78 is 1.62. The van der Waals surface area contributed by atoms with Gasteiger partial charge in [-0.05, 0) is 32.8 Å². The van der Waals surface area contributed by atoms with Crippen LogP contribution in [-0.4, -0.2) is 9.78 Å². The molecule has 1 aromatic rings. The molecule has 0 aliphatic heterocycles. The van der Waals surface area contributed by atoms with Gasteiger partial charge in [-0.3, -0.25) is 9.89 Å². The van der Waals surface area contributed by atoms with Gasteiger partial charge in [0.2, 0.25) is 0 Å². The van der Waals surface area contributed by atoms with E-state index in [4.69, 9.17) is 0 Å². The van der Waals surface area contributed by atoms with E-state index in [-0.39, 0.29) is 5.56 Å². The number of rotatable bonds is 4. The minimum Gasteiger partial charge on any atom is -0.295 e. The summed E-state index contributed by atoms with van der Waals surface area (Å²) in [6.07, 6.45) is 7.60. The van der Waals surface area contributed by atoms with Crippen molar-refractivity contribution < 1.29 is 0 Å². The number of hydrogen-bond donors (Lipinski definition) is 1. The molecule has 0 spiro atoms. The summed E-state index contributed by atoms with van der Waals surface area (Å²) in [6, 6.07) is 0. The molecule has 3 nitrogen and oxygen atoms in total. The maximum Gasteiger partial charge on any atom is 0.274 e. The molecule has 1 N–H and O–H groups in total. The maximum atomic E-state index is 12.1. The number of allylic oxidation sites excluding steroid dienone is 4. The molecular formula is C13H20N2O. The minimum atomic E-state index is 0.0674. The van der Waals surface area contributed by atoms with Crippen molar-refractivity contribution in [2.24, 2.45) is 0 Å². The fourth-order valence-electron chi connectivity index (χ4n) is 1.79. The van der Waals surface area contributed by atoms with Gasteiger partial charge in [-0.25, -0.2) is 4.68 Å². The van der Waals surface area contributed by atoms with Gasteiger partial charge in [-0.1, -0.05) is 26.0 Å². The normalized spacial score (nSPS) is 12.6. The highest BCUT2D eigenvalue weighted by atomic mass is 16.1. The van der Waals surface area contributed by atoms with Gasteiger partial charge in [-0.2, -0.15) is 0 Å². The van der Waals surface area contributed by atoms with E-state index < -0.39 is 0 Å². The fourth-order valence-corrected chi connectivity index (χ4v) is 1.79. The number of nitrogens with zero attached hydrogens (tertiary/aromatic N) is 1. The predicted molar refractivity (Wildman–Crippen MR) is 68.5 cm³/mol. The lowest BCUT2D eigenvalue weighted by molar-refractivity contribution is 0.856. The quantitative estimate of drug-likeness (QED) is 0.778. The minimum absolute atomic E-state index is 0.0674. The Kier molecular flexibility index (Phi) is 4.35. The van der Waals surface area contributed by atoms with Crippen LogP contribution in [0.4, 0.5) is 0 Å². The summed E-state index contributed by atoms with van der Waals surface area (Å²) in [5.41, 5.74) is 2.81. The summed E-state index contributed by atoms with van der Waals surface area (Å²) in [6.45, 7) is 7.95. The summed E-state index contributed by atoms with van der Waals surface area (Å²) in [5.74, 6) is 0. The molecule has 1 rings (SSSR count). The molecule has 0 radical (unpaired) electrons. The van der Waals surface area contributed by atoms with Gasteiger partial charge >= 0.3 is 0 Å². The van der Waals surface area contributed by atoms with Crippen LogP contribution in [0.2, 0.25) is 0 Å². The number of aromatic amines is 1.